The summed E-state index contributed by atoms with van der Waals surface area (Å²) in [7, 11) is 1.55. The molecular formula is C24H32N2O4. The highest BCUT2D eigenvalue weighted by molar-refractivity contribution is 5.88. The number of hydrogen-bond donors (Lipinski definition) is 1. The zero-order valence-electron chi connectivity index (χ0n) is 18.3. The highest BCUT2D eigenvalue weighted by Crippen LogP contribution is 2.26. The third-order valence-electron chi connectivity index (χ3n) is 5.02. The van der Waals surface area contributed by atoms with E-state index in [1.54, 1.807) is 31.1 Å². The molecule has 0 heterocycles. The number of carbonyl (C=O) groups is 2. The molecule has 30 heavy (non-hydrogen) atoms. The normalized spacial score (nSPS) is 11.5. The van der Waals surface area contributed by atoms with Gasteiger partial charge in [0.2, 0.25) is 5.91 Å². The highest BCUT2D eigenvalue weighted by Gasteiger charge is 2.27. The first kappa shape index (κ1) is 23.3. The van der Waals surface area contributed by atoms with Gasteiger partial charge in [0.05, 0.1) is 7.11 Å². The molecule has 0 saturated heterocycles. The van der Waals surface area contributed by atoms with E-state index in [4.69, 9.17) is 9.47 Å². The Hall–Kier alpha value is -3.02. The van der Waals surface area contributed by atoms with Crippen LogP contribution in [-0.4, -0.2) is 43.0 Å². The average molecular weight is 413 g/mol. The maximum atomic E-state index is 13.1. The third-order valence-corrected chi connectivity index (χ3v) is 5.02. The molecule has 6 heteroatoms. The predicted octanol–water partition coefficient (Wildman–Crippen LogP) is 3.72. The molecule has 0 fully saturated rings. The molecule has 0 radical (unpaired) electrons. The summed E-state index contributed by atoms with van der Waals surface area (Å²) in [4.78, 5) is 27.3. The summed E-state index contributed by atoms with van der Waals surface area (Å²) in [5.41, 5.74) is 2.07. The van der Waals surface area contributed by atoms with E-state index in [1.165, 1.54) is 0 Å². The molecule has 0 saturated carbocycles. The number of aryl methyl sites for hydroxylation is 1. The van der Waals surface area contributed by atoms with Crippen molar-refractivity contribution in [2.45, 2.75) is 46.2 Å². The van der Waals surface area contributed by atoms with Crippen LogP contribution in [-0.2, 0) is 16.1 Å². The van der Waals surface area contributed by atoms with Crippen LogP contribution < -0.4 is 14.8 Å². The van der Waals surface area contributed by atoms with Crippen molar-refractivity contribution in [3.8, 4) is 11.5 Å². The summed E-state index contributed by atoms with van der Waals surface area (Å²) in [5.74, 6) is 0.621. The summed E-state index contributed by atoms with van der Waals surface area (Å²) < 4.78 is 11.0. The van der Waals surface area contributed by atoms with Crippen molar-refractivity contribution in [3.63, 3.8) is 0 Å². The molecule has 0 bridgehead atoms. The summed E-state index contributed by atoms with van der Waals surface area (Å²) >= 11 is 0. The molecular weight excluding hydrogens is 380 g/mol. The fourth-order valence-corrected chi connectivity index (χ4v) is 3.05. The SMILES string of the molecule is CCCCNC(=O)C(C)N(Cc1ccccc1C)C(=O)COc1ccccc1OC. The van der Waals surface area contributed by atoms with Crippen molar-refractivity contribution >= 4 is 11.8 Å². The van der Waals surface area contributed by atoms with Gasteiger partial charge in [-0.25, -0.2) is 0 Å². The van der Waals surface area contributed by atoms with Gasteiger partial charge in [-0.05, 0) is 43.5 Å². The number of amides is 2. The van der Waals surface area contributed by atoms with Gasteiger partial charge in [0, 0.05) is 13.1 Å². The van der Waals surface area contributed by atoms with Gasteiger partial charge in [0.25, 0.3) is 5.91 Å². The second kappa shape index (κ2) is 11.9. The summed E-state index contributed by atoms with van der Waals surface area (Å²) in [5, 5.41) is 2.92. The van der Waals surface area contributed by atoms with Crippen LogP contribution in [0.2, 0.25) is 0 Å². The lowest BCUT2D eigenvalue weighted by atomic mass is 10.1. The van der Waals surface area contributed by atoms with E-state index in [2.05, 4.69) is 12.2 Å². The Morgan fingerprint density at radius 3 is 2.40 bits per heavy atom. The number of nitrogens with zero attached hydrogens (tertiary/aromatic N) is 1. The molecule has 0 aliphatic heterocycles. The van der Waals surface area contributed by atoms with Crippen molar-refractivity contribution in [2.24, 2.45) is 0 Å². The van der Waals surface area contributed by atoms with Gasteiger partial charge in [-0.3, -0.25) is 9.59 Å². The van der Waals surface area contributed by atoms with Crippen molar-refractivity contribution in [1.29, 1.82) is 0 Å². The Labute approximate surface area is 179 Å². The Balaban J connectivity index is 2.15. The van der Waals surface area contributed by atoms with Crippen LogP contribution >= 0.6 is 0 Å². The van der Waals surface area contributed by atoms with Crippen molar-refractivity contribution in [2.75, 3.05) is 20.3 Å². The maximum Gasteiger partial charge on any atom is 0.261 e. The Morgan fingerprint density at radius 2 is 1.73 bits per heavy atom. The number of methoxy groups -OCH3 is 1. The van der Waals surface area contributed by atoms with E-state index in [1.807, 2.05) is 43.3 Å². The Kier molecular flexibility index (Phi) is 9.19. The minimum Gasteiger partial charge on any atom is -0.493 e. The number of para-hydroxylation sites is 2. The van der Waals surface area contributed by atoms with Crippen LogP contribution in [0.25, 0.3) is 0 Å². The van der Waals surface area contributed by atoms with Crippen LogP contribution in [0.1, 0.15) is 37.8 Å². The summed E-state index contributed by atoms with van der Waals surface area (Å²) in [6, 6.07) is 14.4. The topological polar surface area (TPSA) is 67.9 Å². The van der Waals surface area contributed by atoms with E-state index in [0.29, 0.717) is 24.6 Å². The second-order valence-electron chi connectivity index (χ2n) is 7.21. The lowest BCUT2D eigenvalue weighted by Gasteiger charge is -2.29. The monoisotopic (exact) mass is 412 g/mol. The zero-order valence-corrected chi connectivity index (χ0v) is 18.3. The molecule has 2 rings (SSSR count). The average Bonchev–Trinajstić information content (AvgIpc) is 2.76. The molecule has 0 aliphatic carbocycles. The van der Waals surface area contributed by atoms with Gasteiger partial charge in [0.1, 0.15) is 6.04 Å². The van der Waals surface area contributed by atoms with Crippen molar-refractivity contribution in [3.05, 3.63) is 59.7 Å². The van der Waals surface area contributed by atoms with Gasteiger partial charge >= 0.3 is 0 Å². The summed E-state index contributed by atoms with van der Waals surface area (Å²) in [6.07, 6.45) is 1.90. The number of benzene rings is 2. The number of carbonyl (C=O) groups excluding carboxylic acids is 2. The molecule has 2 aromatic rings. The van der Waals surface area contributed by atoms with E-state index in [0.717, 1.165) is 24.0 Å². The zero-order chi connectivity index (χ0) is 21.9. The first-order valence-electron chi connectivity index (χ1n) is 10.3. The molecule has 0 aromatic heterocycles. The lowest BCUT2D eigenvalue weighted by molar-refractivity contribution is -0.142. The molecule has 1 unspecified atom stereocenters. The molecule has 0 spiro atoms. The number of ether oxygens (including phenoxy) is 2. The molecule has 162 valence electrons. The van der Waals surface area contributed by atoms with Crippen LogP contribution in [0.4, 0.5) is 0 Å². The molecule has 2 amide bonds. The van der Waals surface area contributed by atoms with Crippen LogP contribution in [0.5, 0.6) is 11.5 Å². The van der Waals surface area contributed by atoms with Gasteiger partial charge in [-0.1, -0.05) is 49.7 Å². The van der Waals surface area contributed by atoms with Gasteiger partial charge in [0.15, 0.2) is 18.1 Å². The van der Waals surface area contributed by atoms with E-state index in [9.17, 15) is 9.59 Å². The van der Waals surface area contributed by atoms with Gasteiger partial charge in [-0.15, -0.1) is 0 Å². The minimum atomic E-state index is -0.616. The number of rotatable bonds is 11. The molecule has 1 N–H and O–H groups in total. The smallest absolute Gasteiger partial charge is 0.261 e. The fourth-order valence-electron chi connectivity index (χ4n) is 3.05. The second-order valence-corrected chi connectivity index (χ2v) is 7.21. The minimum absolute atomic E-state index is 0.164. The van der Waals surface area contributed by atoms with E-state index in [-0.39, 0.29) is 18.4 Å². The summed E-state index contributed by atoms with van der Waals surface area (Å²) in [6.45, 7) is 6.57. The van der Waals surface area contributed by atoms with Crippen LogP contribution in [0, 0.1) is 6.92 Å². The highest BCUT2D eigenvalue weighted by atomic mass is 16.5. The van der Waals surface area contributed by atoms with E-state index >= 15 is 0 Å². The molecule has 2 aromatic carbocycles. The third kappa shape index (κ3) is 6.51. The lowest BCUT2D eigenvalue weighted by Crippen LogP contribution is -2.49. The van der Waals surface area contributed by atoms with Gasteiger partial charge < -0.3 is 19.7 Å². The van der Waals surface area contributed by atoms with Crippen LogP contribution in [0.3, 0.4) is 0 Å². The van der Waals surface area contributed by atoms with Crippen LogP contribution in [0.15, 0.2) is 48.5 Å². The Bertz CT molecular complexity index is 837. The largest absolute Gasteiger partial charge is 0.493 e. The molecule has 6 nitrogen and oxygen atoms in total. The maximum absolute atomic E-state index is 13.1. The van der Waals surface area contributed by atoms with Crippen molar-refractivity contribution < 1.29 is 19.1 Å². The van der Waals surface area contributed by atoms with E-state index < -0.39 is 6.04 Å². The molecule has 1 atom stereocenters. The molecule has 0 aliphatic rings. The predicted molar refractivity (Wildman–Crippen MR) is 118 cm³/mol. The van der Waals surface area contributed by atoms with Gasteiger partial charge in [-0.2, -0.15) is 0 Å². The standard InChI is InChI=1S/C24H32N2O4/c1-5-6-15-25-24(28)19(3)26(16-20-12-8-7-11-18(20)2)23(27)17-30-22-14-10-9-13-21(22)29-4/h7-14,19H,5-6,15-17H2,1-4H3,(H,25,28). The number of nitrogens with one attached hydrogen (secondary N) is 1. The quantitative estimate of drug-likeness (QED) is 0.571. The number of hydrogen-bond acceptors (Lipinski definition) is 4. The first-order valence-corrected chi connectivity index (χ1v) is 10.3. The Morgan fingerprint density at radius 1 is 1.07 bits per heavy atom. The number of unbranched alkanes of at least 4 members (excludes halogenated alkanes) is 1. The first-order chi connectivity index (χ1) is 14.5. The fraction of sp³-hybridized carbons (Fsp3) is 0.417. The van der Waals surface area contributed by atoms with Crippen molar-refractivity contribution in [1.82, 2.24) is 10.2 Å².